The number of hydrogen-bond donors (Lipinski definition) is 3. The van der Waals surface area contributed by atoms with Crippen molar-refractivity contribution in [3.8, 4) is 11.5 Å². The maximum absolute atomic E-state index is 11.7. The number of hydrogen-bond acceptors (Lipinski definition) is 5. The van der Waals surface area contributed by atoms with Gasteiger partial charge in [0.25, 0.3) is 0 Å². The van der Waals surface area contributed by atoms with E-state index in [2.05, 4.69) is 10.6 Å². The van der Waals surface area contributed by atoms with Crippen molar-refractivity contribution in [2.75, 3.05) is 39.3 Å². The molecule has 0 aliphatic carbocycles. The van der Waals surface area contributed by atoms with Crippen LogP contribution in [-0.4, -0.2) is 51.1 Å². The molecular formula is C13H18N2O6. The van der Waals surface area contributed by atoms with E-state index >= 15 is 0 Å². The van der Waals surface area contributed by atoms with Crippen LogP contribution in [0.4, 0.5) is 10.5 Å². The first-order valence-electron chi connectivity index (χ1n) is 6.13. The topological polar surface area (TPSA) is 106 Å². The number of carboxylic acid groups (broad SMARTS) is 1. The predicted octanol–water partition coefficient (Wildman–Crippen LogP) is 0.926. The van der Waals surface area contributed by atoms with Gasteiger partial charge < -0.3 is 30.0 Å². The van der Waals surface area contributed by atoms with E-state index in [-0.39, 0.29) is 13.2 Å². The van der Waals surface area contributed by atoms with Gasteiger partial charge in [0.05, 0.1) is 26.5 Å². The van der Waals surface area contributed by atoms with Crippen molar-refractivity contribution in [3.63, 3.8) is 0 Å². The highest BCUT2D eigenvalue weighted by Crippen LogP contribution is 2.28. The third kappa shape index (κ3) is 6.00. The van der Waals surface area contributed by atoms with Crippen LogP contribution in [0, 0.1) is 0 Å². The number of amides is 2. The number of nitrogens with one attached hydrogen (secondary N) is 2. The highest BCUT2D eigenvalue weighted by Gasteiger charge is 2.08. The van der Waals surface area contributed by atoms with E-state index in [1.807, 2.05) is 0 Å². The van der Waals surface area contributed by atoms with Crippen molar-refractivity contribution in [2.24, 2.45) is 0 Å². The van der Waals surface area contributed by atoms with Gasteiger partial charge in [0.1, 0.15) is 18.1 Å². The summed E-state index contributed by atoms with van der Waals surface area (Å²) in [4.78, 5) is 21.9. The van der Waals surface area contributed by atoms with Crippen LogP contribution in [0.5, 0.6) is 11.5 Å². The van der Waals surface area contributed by atoms with Crippen LogP contribution < -0.4 is 20.1 Å². The number of rotatable bonds is 8. The van der Waals surface area contributed by atoms with Crippen molar-refractivity contribution >= 4 is 17.7 Å². The first-order valence-corrected chi connectivity index (χ1v) is 6.13. The molecule has 0 saturated carbocycles. The molecular weight excluding hydrogens is 280 g/mol. The van der Waals surface area contributed by atoms with Gasteiger partial charge >= 0.3 is 12.0 Å². The van der Waals surface area contributed by atoms with E-state index in [0.717, 1.165) is 0 Å². The molecule has 0 heterocycles. The van der Waals surface area contributed by atoms with E-state index in [9.17, 15) is 9.59 Å². The van der Waals surface area contributed by atoms with Crippen LogP contribution in [0.3, 0.4) is 0 Å². The summed E-state index contributed by atoms with van der Waals surface area (Å²) in [5.74, 6) is 0.0222. The molecule has 8 heteroatoms. The third-order valence-corrected chi connectivity index (χ3v) is 2.41. The molecule has 1 aromatic rings. The number of anilines is 1. The van der Waals surface area contributed by atoms with Crippen molar-refractivity contribution in [3.05, 3.63) is 18.2 Å². The number of aliphatic carboxylic acids is 1. The van der Waals surface area contributed by atoms with E-state index in [1.165, 1.54) is 14.2 Å². The Morgan fingerprint density at radius 3 is 2.62 bits per heavy atom. The van der Waals surface area contributed by atoms with Crippen molar-refractivity contribution < 1.29 is 28.9 Å². The van der Waals surface area contributed by atoms with Gasteiger partial charge in [-0.25, -0.2) is 9.59 Å². The fourth-order valence-electron chi connectivity index (χ4n) is 1.46. The van der Waals surface area contributed by atoms with Crippen molar-refractivity contribution in [1.29, 1.82) is 0 Å². The van der Waals surface area contributed by atoms with Gasteiger partial charge in [0.15, 0.2) is 0 Å². The van der Waals surface area contributed by atoms with Crippen LogP contribution in [0.25, 0.3) is 0 Å². The Kier molecular flexibility index (Phi) is 6.82. The summed E-state index contributed by atoms with van der Waals surface area (Å²) in [6.07, 6.45) is 0. The number of benzene rings is 1. The molecule has 0 fully saturated rings. The summed E-state index contributed by atoms with van der Waals surface area (Å²) in [6, 6.07) is 4.54. The predicted molar refractivity (Wildman–Crippen MR) is 75.0 cm³/mol. The largest absolute Gasteiger partial charge is 0.497 e. The Labute approximate surface area is 122 Å². The lowest BCUT2D eigenvalue weighted by atomic mass is 10.2. The van der Waals surface area contributed by atoms with Crippen LogP contribution in [0.1, 0.15) is 0 Å². The van der Waals surface area contributed by atoms with Crippen molar-refractivity contribution in [1.82, 2.24) is 5.32 Å². The fourth-order valence-corrected chi connectivity index (χ4v) is 1.46. The SMILES string of the molecule is COc1ccc(NC(=O)NCCOCC(=O)O)c(OC)c1. The van der Waals surface area contributed by atoms with Crippen LogP contribution in [0.15, 0.2) is 18.2 Å². The minimum atomic E-state index is -1.05. The second-order valence-electron chi connectivity index (χ2n) is 3.89. The summed E-state index contributed by atoms with van der Waals surface area (Å²) in [5, 5.41) is 13.5. The highest BCUT2D eigenvalue weighted by molar-refractivity contribution is 5.91. The molecule has 0 aliphatic heterocycles. The third-order valence-electron chi connectivity index (χ3n) is 2.41. The number of methoxy groups -OCH3 is 2. The zero-order chi connectivity index (χ0) is 15.7. The van der Waals surface area contributed by atoms with Crippen LogP contribution in [0.2, 0.25) is 0 Å². The summed E-state index contributed by atoms with van der Waals surface area (Å²) in [5.41, 5.74) is 0.488. The van der Waals surface area contributed by atoms with Gasteiger partial charge in [-0.3, -0.25) is 0 Å². The number of ether oxygens (including phenoxy) is 3. The molecule has 21 heavy (non-hydrogen) atoms. The normalized spacial score (nSPS) is 9.81. The molecule has 2 amide bonds. The molecule has 0 saturated heterocycles. The molecule has 3 N–H and O–H groups in total. The van der Waals surface area contributed by atoms with E-state index in [1.54, 1.807) is 18.2 Å². The summed E-state index contributed by atoms with van der Waals surface area (Å²) in [6.45, 7) is -0.0906. The Morgan fingerprint density at radius 2 is 2.00 bits per heavy atom. The second-order valence-corrected chi connectivity index (χ2v) is 3.89. The minimum Gasteiger partial charge on any atom is -0.497 e. The molecule has 0 aromatic heterocycles. The molecule has 1 aromatic carbocycles. The standard InChI is InChI=1S/C13H18N2O6/c1-19-9-3-4-10(11(7-9)20-2)15-13(18)14-5-6-21-8-12(16)17/h3-4,7H,5-6,8H2,1-2H3,(H,16,17)(H2,14,15,18). The van der Waals surface area contributed by atoms with Gasteiger partial charge in [0, 0.05) is 12.6 Å². The molecule has 116 valence electrons. The smallest absolute Gasteiger partial charge is 0.329 e. The number of carbonyl (C=O) groups excluding carboxylic acids is 1. The average molecular weight is 298 g/mol. The number of urea groups is 1. The lowest BCUT2D eigenvalue weighted by Gasteiger charge is -2.12. The van der Waals surface area contributed by atoms with Gasteiger partial charge in [-0.05, 0) is 12.1 Å². The molecule has 0 aliphatic rings. The Morgan fingerprint density at radius 1 is 1.24 bits per heavy atom. The van der Waals surface area contributed by atoms with Gasteiger partial charge in [0.2, 0.25) is 0 Å². The minimum absolute atomic E-state index is 0.111. The molecule has 0 bridgehead atoms. The number of carboxylic acids is 1. The number of carbonyl (C=O) groups is 2. The molecule has 8 nitrogen and oxygen atoms in total. The molecule has 0 atom stereocenters. The van der Waals surface area contributed by atoms with Gasteiger partial charge in [-0.2, -0.15) is 0 Å². The van der Waals surface area contributed by atoms with E-state index in [0.29, 0.717) is 17.2 Å². The second kappa shape index (κ2) is 8.64. The van der Waals surface area contributed by atoms with E-state index < -0.39 is 18.6 Å². The Bertz CT molecular complexity index is 492. The summed E-state index contributed by atoms with van der Waals surface area (Å²) < 4.78 is 15.0. The van der Waals surface area contributed by atoms with Crippen molar-refractivity contribution in [2.45, 2.75) is 0 Å². The first kappa shape index (κ1) is 16.6. The van der Waals surface area contributed by atoms with Gasteiger partial charge in [-0.15, -0.1) is 0 Å². The summed E-state index contributed by atoms with van der Waals surface area (Å²) >= 11 is 0. The van der Waals surface area contributed by atoms with Crippen LogP contribution >= 0.6 is 0 Å². The molecule has 0 unspecified atom stereocenters. The monoisotopic (exact) mass is 298 g/mol. The fraction of sp³-hybridized carbons (Fsp3) is 0.385. The first-order chi connectivity index (χ1) is 10.1. The van der Waals surface area contributed by atoms with E-state index in [4.69, 9.17) is 19.3 Å². The zero-order valence-electron chi connectivity index (χ0n) is 11.8. The summed E-state index contributed by atoms with van der Waals surface area (Å²) in [7, 11) is 3.02. The average Bonchev–Trinajstić information content (AvgIpc) is 2.47. The molecule has 0 spiro atoms. The molecule has 1 rings (SSSR count). The molecule has 0 radical (unpaired) electrons. The Hall–Kier alpha value is -2.48. The zero-order valence-corrected chi connectivity index (χ0v) is 11.8. The van der Waals surface area contributed by atoms with Crippen LogP contribution in [-0.2, 0) is 9.53 Å². The quantitative estimate of drug-likeness (QED) is 0.616. The lowest BCUT2D eigenvalue weighted by Crippen LogP contribution is -2.32. The lowest BCUT2D eigenvalue weighted by molar-refractivity contribution is -0.142. The maximum Gasteiger partial charge on any atom is 0.329 e. The highest BCUT2D eigenvalue weighted by atomic mass is 16.5. The maximum atomic E-state index is 11.7. The Balaban J connectivity index is 2.42. The van der Waals surface area contributed by atoms with Gasteiger partial charge in [-0.1, -0.05) is 0 Å².